The number of carbonyl (C=O) groups excluding carboxylic acids is 1. The maximum atomic E-state index is 12.5. The molecule has 4 rings (SSSR count). The van der Waals surface area contributed by atoms with E-state index in [1.165, 1.54) is 18.0 Å². The van der Waals surface area contributed by atoms with Crippen LogP contribution in [0.5, 0.6) is 11.5 Å². The minimum Gasteiger partial charge on any atom is -0.497 e. The maximum Gasteiger partial charge on any atom is 0.250 e. The first-order valence-corrected chi connectivity index (χ1v) is 11.9. The number of rotatable bonds is 9. The van der Waals surface area contributed by atoms with Crippen molar-refractivity contribution in [2.75, 3.05) is 20.0 Å². The SMILES string of the molecule is COc1ccc(OC)c(/C=N\NC(=O)CSc2nnc(-c3ccc(Cl)cc3)n2-c2ccccc2)c1. The summed E-state index contributed by atoms with van der Waals surface area (Å²) in [6.45, 7) is 0. The Morgan fingerprint density at radius 2 is 1.83 bits per heavy atom. The standard InChI is InChI=1S/C25H22ClN5O3S/c1-33-21-12-13-22(34-2)18(14-21)15-27-28-23(32)16-35-25-30-29-24(17-8-10-19(26)11-9-17)31(25)20-6-4-3-5-7-20/h3-15H,16H2,1-2H3,(H,28,32)/b27-15-. The summed E-state index contributed by atoms with van der Waals surface area (Å²) in [6.07, 6.45) is 1.51. The van der Waals surface area contributed by atoms with Crippen LogP contribution in [0.25, 0.3) is 17.1 Å². The first-order chi connectivity index (χ1) is 17.1. The zero-order valence-electron chi connectivity index (χ0n) is 19.0. The predicted octanol–water partition coefficient (Wildman–Crippen LogP) is 4.85. The predicted molar refractivity (Wildman–Crippen MR) is 138 cm³/mol. The van der Waals surface area contributed by atoms with Crippen molar-refractivity contribution in [3.63, 3.8) is 0 Å². The number of hydrogen-bond acceptors (Lipinski definition) is 7. The van der Waals surface area contributed by atoms with E-state index in [9.17, 15) is 4.79 Å². The smallest absolute Gasteiger partial charge is 0.250 e. The third-order valence-corrected chi connectivity index (χ3v) is 6.09. The van der Waals surface area contributed by atoms with Gasteiger partial charge in [0.2, 0.25) is 0 Å². The van der Waals surface area contributed by atoms with Gasteiger partial charge in [-0.25, -0.2) is 5.43 Å². The van der Waals surface area contributed by atoms with Crippen LogP contribution in [-0.4, -0.2) is 46.9 Å². The molecule has 4 aromatic rings. The molecule has 1 N–H and O–H groups in total. The number of carbonyl (C=O) groups is 1. The first-order valence-electron chi connectivity index (χ1n) is 10.5. The first kappa shape index (κ1) is 24.3. The Kier molecular flexibility index (Phi) is 8.02. The topological polar surface area (TPSA) is 90.6 Å². The van der Waals surface area contributed by atoms with E-state index in [1.54, 1.807) is 44.6 Å². The van der Waals surface area contributed by atoms with Crippen LogP contribution in [0.1, 0.15) is 5.56 Å². The van der Waals surface area contributed by atoms with Crippen LogP contribution in [0.2, 0.25) is 5.02 Å². The molecule has 1 aromatic heterocycles. The molecule has 1 amide bonds. The van der Waals surface area contributed by atoms with E-state index in [-0.39, 0.29) is 11.7 Å². The van der Waals surface area contributed by atoms with Gasteiger partial charge in [0.1, 0.15) is 11.5 Å². The molecule has 0 aliphatic carbocycles. The molecule has 0 atom stereocenters. The highest BCUT2D eigenvalue weighted by Gasteiger charge is 2.17. The Hall–Kier alpha value is -3.82. The van der Waals surface area contributed by atoms with E-state index in [4.69, 9.17) is 21.1 Å². The summed E-state index contributed by atoms with van der Waals surface area (Å²) >= 11 is 7.30. The highest BCUT2D eigenvalue weighted by Crippen LogP contribution is 2.28. The number of hydrogen-bond donors (Lipinski definition) is 1. The van der Waals surface area contributed by atoms with E-state index in [0.29, 0.717) is 33.1 Å². The van der Waals surface area contributed by atoms with Crippen molar-refractivity contribution in [1.82, 2.24) is 20.2 Å². The van der Waals surface area contributed by atoms with Gasteiger partial charge >= 0.3 is 0 Å². The lowest BCUT2D eigenvalue weighted by molar-refractivity contribution is -0.118. The number of nitrogens with zero attached hydrogens (tertiary/aromatic N) is 4. The van der Waals surface area contributed by atoms with Crippen molar-refractivity contribution in [2.45, 2.75) is 5.16 Å². The van der Waals surface area contributed by atoms with E-state index >= 15 is 0 Å². The minimum atomic E-state index is -0.288. The molecule has 0 bridgehead atoms. The molecule has 0 aliphatic rings. The normalized spacial score (nSPS) is 10.9. The Labute approximate surface area is 211 Å². The largest absolute Gasteiger partial charge is 0.497 e. The molecule has 0 spiro atoms. The zero-order chi connectivity index (χ0) is 24.6. The fourth-order valence-corrected chi connectivity index (χ4v) is 4.11. The van der Waals surface area contributed by atoms with Gasteiger partial charge in [0.15, 0.2) is 11.0 Å². The summed E-state index contributed by atoms with van der Waals surface area (Å²) in [5, 5.41) is 14.0. The molecule has 0 saturated carbocycles. The van der Waals surface area contributed by atoms with Crippen LogP contribution in [-0.2, 0) is 4.79 Å². The molecule has 178 valence electrons. The highest BCUT2D eigenvalue weighted by atomic mass is 35.5. The lowest BCUT2D eigenvalue weighted by Crippen LogP contribution is -2.20. The summed E-state index contributed by atoms with van der Waals surface area (Å²) in [4.78, 5) is 12.5. The van der Waals surface area contributed by atoms with Crippen molar-refractivity contribution in [3.05, 3.63) is 83.4 Å². The lowest BCUT2D eigenvalue weighted by Gasteiger charge is -2.10. The molecule has 35 heavy (non-hydrogen) atoms. The lowest BCUT2D eigenvalue weighted by atomic mass is 10.2. The number of hydrazone groups is 1. The number of amides is 1. The molecular formula is C25H22ClN5O3S. The fourth-order valence-electron chi connectivity index (χ4n) is 3.24. The highest BCUT2D eigenvalue weighted by molar-refractivity contribution is 7.99. The van der Waals surface area contributed by atoms with E-state index < -0.39 is 0 Å². The second-order valence-corrected chi connectivity index (χ2v) is 8.55. The molecular weight excluding hydrogens is 486 g/mol. The molecule has 1 heterocycles. The Morgan fingerprint density at radius 3 is 2.54 bits per heavy atom. The van der Waals surface area contributed by atoms with E-state index in [1.807, 2.05) is 47.0 Å². The molecule has 8 nitrogen and oxygen atoms in total. The maximum absolute atomic E-state index is 12.5. The van der Waals surface area contributed by atoms with Gasteiger partial charge in [0, 0.05) is 21.8 Å². The third-order valence-electron chi connectivity index (χ3n) is 4.91. The van der Waals surface area contributed by atoms with Crippen molar-refractivity contribution in [3.8, 4) is 28.6 Å². The zero-order valence-corrected chi connectivity index (χ0v) is 20.6. The van der Waals surface area contributed by atoms with Crippen LogP contribution in [0.15, 0.2) is 83.1 Å². The number of thioether (sulfide) groups is 1. The van der Waals surface area contributed by atoms with Crippen molar-refractivity contribution < 1.29 is 14.3 Å². The number of benzene rings is 3. The molecule has 0 unspecified atom stereocenters. The molecule has 0 aliphatic heterocycles. The van der Waals surface area contributed by atoms with E-state index in [0.717, 1.165) is 11.3 Å². The number of nitrogens with one attached hydrogen (secondary N) is 1. The fraction of sp³-hybridized carbons (Fsp3) is 0.120. The summed E-state index contributed by atoms with van der Waals surface area (Å²) in [6, 6.07) is 22.4. The molecule has 3 aromatic carbocycles. The number of aromatic nitrogens is 3. The number of halogens is 1. The summed E-state index contributed by atoms with van der Waals surface area (Å²) in [5.41, 5.74) is 4.96. The number of methoxy groups -OCH3 is 2. The van der Waals surface area contributed by atoms with Gasteiger partial charge in [-0.1, -0.05) is 41.6 Å². The van der Waals surface area contributed by atoms with Gasteiger partial charge in [-0.05, 0) is 54.6 Å². The molecule has 0 radical (unpaired) electrons. The van der Waals surface area contributed by atoms with Crippen molar-refractivity contribution in [1.29, 1.82) is 0 Å². The quantitative estimate of drug-likeness (QED) is 0.198. The van der Waals surface area contributed by atoms with Crippen LogP contribution in [0.4, 0.5) is 0 Å². The summed E-state index contributed by atoms with van der Waals surface area (Å²) in [7, 11) is 3.14. The van der Waals surface area contributed by atoms with Gasteiger partial charge in [-0.15, -0.1) is 10.2 Å². The van der Waals surface area contributed by atoms with E-state index in [2.05, 4.69) is 20.7 Å². The monoisotopic (exact) mass is 507 g/mol. The van der Waals surface area contributed by atoms with Gasteiger partial charge in [0.05, 0.1) is 26.2 Å². The van der Waals surface area contributed by atoms with Gasteiger partial charge in [-0.2, -0.15) is 5.10 Å². The molecule has 0 fully saturated rings. The third kappa shape index (κ3) is 6.00. The second kappa shape index (κ2) is 11.5. The Morgan fingerprint density at radius 1 is 1.06 bits per heavy atom. The number of ether oxygens (including phenoxy) is 2. The summed E-state index contributed by atoms with van der Waals surface area (Å²) in [5.74, 6) is 1.73. The van der Waals surface area contributed by atoms with Crippen LogP contribution in [0.3, 0.4) is 0 Å². The Balaban J connectivity index is 1.48. The van der Waals surface area contributed by atoms with Crippen LogP contribution in [0, 0.1) is 0 Å². The minimum absolute atomic E-state index is 0.0954. The van der Waals surface area contributed by atoms with Gasteiger partial charge < -0.3 is 9.47 Å². The second-order valence-electron chi connectivity index (χ2n) is 7.17. The van der Waals surface area contributed by atoms with Crippen molar-refractivity contribution in [2.24, 2.45) is 5.10 Å². The summed E-state index contributed by atoms with van der Waals surface area (Å²) < 4.78 is 12.5. The van der Waals surface area contributed by atoms with Gasteiger partial charge in [-0.3, -0.25) is 9.36 Å². The average molecular weight is 508 g/mol. The van der Waals surface area contributed by atoms with Crippen LogP contribution < -0.4 is 14.9 Å². The van der Waals surface area contributed by atoms with Crippen molar-refractivity contribution >= 4 is 35.5 Å². The number of para-hydroxylation sites is 1. The van der Waals surface area contributed by atoms with Crippen LogP contribution >= 0.6 is 23.4 Å². The molecule has 0 saturated heterocycles. The Bertz CT molecular complexity index is 1330. The molecule has 10 heteroatoms. The average Bonchev–Trinajstić information content (AvgIpc) is 3.32. The van der Waals surface area contributed by atoms with Gasteiger partial charge in [0.25, 0.3) is 5.91 Å².